The first-order valence-corrected chi connectivity index (χ1v) is 8.04. The molecule has 0 spiro atoms. The van der Waals surface area contributed by atoms with E-state index in [2.05, 4.69) is 92.2 Å². The van der Waals surface area contributed by atoms with Gasteiger partial charge in [0, 0.05) is 5.92 Å². The molecule has 1 aliphatic rings. The van der Waals surface area contributed by atoms with E-state index >= 15 is 0 Å². The number of benzene rings is 2. The Labute approximate surface area is 158 Å². The minimum atomic E-state index is 0. The molecule has 0 nitrogen and oxygen atoms in total. The molecule has 0 fully saturated rings. The maximum absolute atomic E-state index is 2.33. The predicted octanol–water partition coefficient (Wildman–Crippen LogP) is 6.36. The summed E-state index contributed by atoms with van der Waals surface area (Å²) in [5, 5.41) is 2.66. The van der Waals surface area contributed by atoms with Crippen LogP contribution in [0.2, 0.25) is 0 Å². The van der Waals surface area contributed by atoms with Crippen molar-refractivity contribution in [1.82, 2.24) is 0 Å². The summed E-state index contributed by atoms with van der Waals surface area (Å²) in [5.74, 6) is 0.660. The van der Waals surface area contributed by atoms with Gasteiger partial charge in [-0.3, -0.25) is 0 Å². The van der Waals surface area contributed by atoms with Gasteiger partial charge >= 0.3 is 26.2 Å². The van der Waals surface area contributed by atoms with Crippen LogP contribution in [0.3, 0.4) is 0 Å². The van der Waals surface area contributed by atoms with Crippen molar-refractivity contribution in [1.29, 1.82) is 0 Å². The van der Waals surface area contributed by atoms with Gasteiger partial charge in [-0.1, -0.05) is 48.9 Å². The Morgan fingerprint density at radius 1 is 1.00 bits per heavy atom. The second kappa shape index (κ2) is 9.09. The summed E-state index contributed by atoms with van der Waals surface area (Å²) in [6.45, 7) is 2.13. The smallest absolute Gasteiger partial charge is 0.331 e. The molecule has 3 aromatic rings. The minimum absolute atomic E-state index is 0. The molecule has 0 heterocycles. The van der Waals surface area contributed by atoms with Crippen LogP contribution in [0.5, 0.6) is 0 Å². The zero-order chi connectivity index (χ0) is 15.2. The molecule has 4 rings (SSSR count). The van der Waals surface area contributed by atoms with Crippen LogP contribution in [0.4, 0.5) is 0 Å². The average Bonchev–Trinajstić information content (AvgIpc) is 3.20. The molecule has 0 bridgehead atoms. The fourth-order valence-electron chi connectivity index (χ4n) is 2.99. The van der Waals surface area contributed by atoms with Crippen molar-refractivity contribution >= 4 is 16.8 Å². The molecule has 0 saturated carbocycles. The number of unbranched alkanes of at least 4 members (excludes halogenated alkanes) is 1. The molecular formula is C22H22Zr. The Balaban J connectivity index is 0.000000169. The summed E-state index contributed by atoms with van der Waals surface area (Å²) in [6, 6.07) is 23.4. The van der Waals surface area contributed by atoms with Gasteiger partial charge in [0.05, 0.1) is 0 Å². The van der Waals surface area contributed by atoms with Gasteiger partial charge in [0.1, 0.15) is 0 Å². The molecule has 0 radical (unpaired) electrons. The fourth-order valence-corrected chi connectivity index (χ4v) is 2.99. The number of allylic oxidation sites excluding steroid dienone is 1. The van der Waals surface area contributed by atoms with Gasteiger partial charge in [-0.2, -0.15) is 30.9 Å². The zero-order valence-corrected chi connectivity index (χ0v) is 16.0. The molecule has 23 heavy (non-hydrogen) atoms. The Hall–Kier alpha value is -1.33. The van der Waals surface area contributed by atoms with Crippen molar-refractivity contribution in [3.63, 3.8) is 0 Å². The van der Waals surface area contributed by atoms with E-state index in [1.165, 1.54) is 34.7 Å². The largest absolute Gasteiger partial charge is 2.00 e. The van der Waals surface area contributed by atoms with E-state index in [9.17, 15) is 0 Å². The third-order valence-corrected chi connectivity index (χ3v) is 4.22. The van der Waals surface area contributed by atoms with E-state index in [0.717, 1.165) is 0 Å². The molecule has 0 aliphatic heterocycles. The first-order valence-electron chi connectivity index (χ1n) is 8.04. The molecule has 114 valence electrons. The van der Waals surface area contributed by atoms with E-state index < -0.39 is 0 Å². The minimum Gasteiger partial charge on any atom is -0.331 e. The van der Waals surface area contributed by atoms with Crippen LogP contribution >= 0.6 is 0 Å². The second-order valence-corrected chi connectivity index (χ2v) is 5.73. The molecule has 1 atom stereocenters. The zero-order valence-electron chi connectivity index (χ0n) is 13.6. The topological polar surface area (TPSA) is 0 Å². The molecule has 3 aromatic carbocycles. The van der Waals surface area contributed by atoms with Gasteiger partial charge in [0.2, 0.25) is 0 Å². The van der Waals surface area contributed by atoms with E-state index in [1.807, 2.05) is 0 Å². The monoisotopic (exact) mass is 376 g/mol. The third-order valence-electron chi connectivity index (χ3n) is 4.22. The van der Waals surface area contributed by atoms with Crippen LogP contribution in [0, 0.1) is 6.42 Å². The Kier molecular flexibility index (Phi) is 7.12. The van der Waals surface area contributed by atoms with Gasteiger partial charge in [0.15, 0.2) is 0 Å². The number of hydrogen-bond acceptors (Lipinski definition) is 0. The van der Waals surface area contributed by atoms with Gasteiger partial charge in [-0.15, -0.1) is 29.7 Å². The SMILES string of the molecule is C[CH-]CCC1C=Cc2ccccc21.[Zr+2].c1ccc2[cH-]ccc2c1. The van der Waals surface area contributed by atoms with Crippen LogP contribution in [0.15, 0.2) is 72.8 Å². The predicted molar refractivity (Wildman–Crippen MR) is 97.0 cm³/mol. The maximum Gasteiger partial charge on any atom is 2.00 e. The van der Waals surface area contributed by atoms with Gasteiger partial charge in [-0.25, -0.2) is 0 Å². The van der Waals surface area contributed by atoms with Crippen molar-refractivity contribution in [2.75, 3.05) is 0 Å². The van der Waals surface area contributed by atoms with Crippen molar-refractivity contribution < 1.29 is 26.2 Å². The average molecular weight is 378 g/mol. The van der Waals surface area contributed by atoms with Crippen LogP contribution in [0.25, 0.3) is 16.8 Å². The maximum atomic E-state index is 2.33. The quantitative estimate of drug-likeness (QED) is 0.466. The van der Waals surface area contributed by atoms with Crippen LogP contribution < -0.4 is 0 Å². The molecule has 1 unspecified atom stereocenters. The molecule has 1 heteroatoms. The van der Waals surface area contributed by atoms with Crippen molar-refractivity contribution in [2.24, 2.45) is 0 Å². The molecule has 0 amide bonds. The van der Waals surface area contributed by atoms with E-state index in [0.29, 0.717) is 5.92 Å². The van der Waals surface area contributed by atoms with Crippen LogP contribution in [-0.2, 0) is 26.2 Å². The summed E-state index contributed by atoms with van der Waals surface area (Å²) in [6.07, 6.45) is 9.28. The Morgan fingerprint density at radius 3 is 2.61 bits per heavy atom. The molecule has 1 aliphatic carbocycles. The molecule has 0 aromatic heterocycles. The van der Waals surface area contributed by atoms with Gasteiger partial charge in [-0.05, 0) is 11.1 Å². The summed E-state index contributed by atoms with van der Waals surface area (Å²) >= 11 is 0. The number of hydrogen-bond donors (Lipinski definition) is 0. The van der Waals surface area contributed by atoms with E-state index in [4.69, 9.17) is 0 Å². The Bertz CT molecular complexity index is 721. The Morgan fingerprint density at radius 2 is 1.78 bits per heavy atom. The number of rotatable bonds is 3. The summed E-state index contributed by atoms with van der Waals surface area (Å²) in [7, 11) is 0. The van der Waals surface area contributed by atoms with Crippen molar-refractivity contribution in [3.05, 3.63) is 90.4 Å². The van der Waals surface area contributed by atoms with E-state index in [1.54, 1.807) is 0 Å². The van der Waals surface area contributed by atoms with Crippen molar-refractivity contribution in [2.45, 2.75) is 25.7 Å². The molecule has 0 saturated heterocycles. The fraction of sp³-hybridized carbons (Fsp3) is 0.182. The van der Waals surface area contributed by atoms with E-state index in [-0.39, 0.29) is 26.2 Å². The molecule has 0 N–H and O–H groups in total. The standard InChI is InChI=1S/C13H15.C9H7.Zr/c1-2-3-6-11-9-10-12-7-4-5-8-13(11)12;1-2-5-9-7-3-6-8(9)4-1;/h2,4-5,7-11H,3,6H2,1H3;1-7H;/q2*-1;+2. The number of fused-ring (bicyclic) bond motifs is 2. The van der Waals surface area contributed by atoms with Crippen LogP contribution in [-0.4, -0.2) is 0 Å². The summed E-state index contributed by atoms with van der Waals surface area (Å²) in [4.78, 5) is 0. The summed E-state index contributed by atoms with van der Waals surface area (Å²) in [5.41, 5.74) is 2.91. The third kappa shape index (κ3) is 4.58. The summed E-state index contributed by atoms with van der Waals surface area (Å²) < 4.78 is 0. The van der Waals surface area contributed by atoms with Gasteiger partial charge < -0.3 is 6.42 Å². The van der Waals surface area contributed by atoms with Crippen molar-refractivity contribution in [3.8, 4) is 0 Å². The van der Waals surface area contributed by atoms with Gasteiger partial charge in [0.25, 0.3) is 0 Å². The first-order chi connectivity index (χ1) is 10.9. The van der Waals surface area contributed by atoms with Crippen LogP contribution in [0.1, 0.15) is 36.8 Å². The first kappa shape index (κ1) is 18.0. The second-order valence-electron chi connectivity index (χ2n) is 5.73. The normalized spacial score (nSPS) is 14.7. The molecular weight excluding hydrogens is 355 g/mol.